The predicted molar refractivity (Wildman–Crippen MR) is 64.8 cm³/mol. The second kappa shape index (κ2) is 5.66. The zero-order valence-corrected chi connectivity index (χ0v) is 10.1. The number of nitrogens with two attached hydrogens (primary N) is 1. The van der Waals surface area contributed by atoms with Gasteiger partial charge in [0.15, 0.2) is 5.78 Å². The Morgan fingerprint density at radius 3 is 2.69 bits per heavy atom. The van der Waals surface area contributed by atoms with E-state index in [2.05, 4.69) is 13.8 Å². The van der Waals surface area contributed by atoms with Gasteiger partial charge in [0.25, 0.3) is 0 Å². The smallest absolute Gasteiger partial charge is 0.179 e. The molecule has 0 radical (unpaired) electrons. The van der Waals surface area contributed by atoms with E-state index in [0.29, 0.717) is 23.7 Å². The zero-order valence-electron chi connectivity index (χ0n) is 10.1. The molecule has 0 aromatic heterocycles. The van der Waals surface area contributed by atoms with Crippen molar-refractivity contribution in [2.45, 2.75) is 26.3 Å². The third kappa shape index (κ3) is 3.35. The molecule has 88 valence electrons. The highest BCUT2D eigenvalue weighted by Crippen LogP contribution is 2.15. The molecule has 0 aliphatic rings. The monoisotopic (exact) mass is 221 g/mol. The molecule has 16 heavy (non-hydrogen) atoms. The molecule has 0 saturated carbocycles. The van der Waals surface area contributed by atoms with Crippen LogP contribution in [0.5, 0.6) is 5.75 Å². The van der Waals surface area contributed by atoms with Crippen LogP contribution in [0.15, 0.2) is 24.3 Å². The lowest BCUT2D eigenvalue weighted by molar-refractivity contribution is 0.0950. The summed E-state index contributed by atoms with van der Waals surface area (Å²) >= 11 is 0. The van der Waals surface area contributed by atoms with Crippen molar-refractivity contribution >= 4 is 5.78 Å². The molecule has 1 aromatic rings. The lowest BCUT2D eigenvalue weighted by Crippen LogP contribution is -2.31. The Hall–Kier alpha value is -1.35. The predicted octanol–water partition coefficient (Wildman–Crippen LogP) is 2.25. The fraction of sp³-hybridized carbons (Fsp3) is 0.462. The zero-order chi connectivity index (χ0) is 12.1. The molecule has 0 spiro atoms. The van der Waals surface area contributed by atoms with Crippen molar-refractivity contribution in [2.24, 2.45) is 11.7 Å². The van der Waals surface area contributed by atoms with Gasteiger partial charge in [0.1, 0.15) is 5.75 Å². The average Bonchev–Trinajstić information content (AvgIpc) is 2.27. The number of Topliss-reactive ketones (excluding diaryl/α,β-unsaturated/α-hetero) is 1. The molecule has 0 aliphatic carbocycles. The highest BCUT2D eigenvalue weighted by Gasteiger charge is 2.17. The maximum absolute atomic E-state index is 12.0. The first-order chi connectivity index (χ1) is 7.54. The van der Waals surface area contributed by atoms with Gasteiger partial charge in [0.2, 0.25) is 0 Å². The van der Waals surface area contributed by atoms with E-state index in [4.69, 9.17) is 10.5 Å². The van der Waals surface area contributed by atoms with Gasteiger partial charge in [0.05, 0.1) is 13.2 Å². The lowest BCUT2D eigenvalue weighted by atomic mass is 9.97. The molecular formula is C13H19NO2. The van der Waals surface area contributed by atoms with Crippen molar-refractivity contribution in [1.82, 2.24) is 0 Å². The molecule has 0 saturated heterocycles. The molecule has 1 unspecified atom stereocenters. The standard InChI is InChI=1S/C13H19NO2/c1-9(2)7-12(14)13(15)10-5-4-6-11(8-10)16-3/h4-6,8-9,12H,7,14H2,1-3H3. The van der Waals surface area contributed by atoms with Crippen molar-refractivity contribution in [3.8, 4) is 5.75 Å². The highest BCUT2D eigenvalue weighted by atomic mass is 16.5. The van der Waals surface area contributed by atoms with Crippen LogP contribution in [0.4, 0.5) is 0 Å². The Morgan fingerprint density at radius 2 is 2.12 bits per heavy atom. The third-order valence-corrected chi connectivity index (χ3v) is 2.42. The summed E-state index contributed by atoms with van der Waals surface area (Å²) in [5.41, 5.74) is 6.47. The Balaban J connectivity index is 2.79. The summed E-state index contributed by atoms with van der Waals surface area (Å²) in [4.78, 5) is 12.0. The molecule has 0 amide bonds. The molecule has 0 heterocycles. The van der Waals surface area contributed by atoms with Crippen LogP contribution in [0, 0.1) is 5.92 Å². The van der Waals surface area contributed by atoms with Gasteiger partial charge >= 0.3 is 0 Å². The summed E-state index contributed by atoms with van der Waals surface area (Å²) in [5, 5.41) is 0. The van der Waals surface area contributed by atoms with Crippen LogP contribution >= 0.6 is 0 Å². The first kappa shape index (κ1) is 12.7. The maximum Gasteiger partial charge on any atom is 0.179 e. The van der Waals surface area contributed by atoms with Crippen LogP contribution < -0.4 is 10.5 Å². The van der Waals surface area contributed by atoms with E-state index >= 15 is 0 Å². The van der Waals surface area contributed by atoms with Crippen molar-refractivity contribution in [3.63, 3.8) is 0 Å². The molecular weight excluding hydrogens is 202 g/mol. The number of rotatable bonds is 5. The largest absolute Gasteiger partial charge is 0.497 e. The SMILES string of the molecule is COc1cccc(C(=O)C(N)CC(C)C)c1. The number of hydrogen-bond donors (Lipinski definition) is 1. The van der Waals surface area contributed by atoms with Gasteiger partial charge < -0.3 is 10.5 Å². The number of benzene rings is 1. The van der Waals surface area contributed by atoms with Crippen LogP contribution in [0.2, 0.25) is 0 Å². The Bertz CT molecular complexity index is 361. The van der Waals surface area contributed by atoms with Gasteiger partial charge in [-0.3, -0.25) is 4.79 Å². The van der Waals surface area contributed by atoms with E-state index in [0.717, 1.165) is 0 Å². The fourth-order valence-electron chi connectivity index (χ4n) is 1.61. The lowest BCUT2D eigenvalue weighted by Gasteiger charge is -2.13. The summed E-state index contributed by atoms with van der Waals surface area (Å²) in [6.45, 7) is 4.11. The van der Waals surface area contributed by atoms with Gasteiger partial charge in [-0.2, -0.15) is 0 Å². The normalized spacial score (nSPS) is 12.6. The highest BCUT2D eigenvalue weighted by molar-refractivity contribution is 6.00. The van der Waals surface area contributed by atoms with Crippen molar-refractivity contribution < 1.29 is 9.53 Å². The second-order valence-corrected chi connectivity index (χ2v) is 4.33. The quantitative estimate of drug-likeness (QED) is 0.776. The third-order valence-electron chi connectivity index (χ3n) is 2.42. The molecule has 0 bridgehead atoms. The van der Waals surface area contributed by atoms with E-state index in [-0.39, 0.29) is 5.78 Å². The van der Waals surface area contributed by atoms with Crippen molar-refractivity contribution in [1.29, 1.82) is 0 Å². The van der Waals surface area contributed by atoms with E-state index in [1.54, 1.807) is 25.3 Å². The first-order valence-electron chi connectivity index (χ1n) is 5.48. The van der Waals surface area contributed by atoms with Crippen LogP contribution in [-0.2, 0) is 0 Å². The summed E-state index contributed by atoms with van der Waals surface area (Å²) in [6.07, 6.45) is 0.704. The van der Waals surface area contributed by atoms with E-state index in [1.165, 1.54) is 0 Å². The summed E-state index contributed by atoms with van der Waals surface area (Å²) in [6, 6.07) is 6.68. The van der Waals surface area contributed by atoms with Crippen LogP contribution in [0.25, 0.3) is 0 Å². The molecule has 3 nitrogen and oxygen atoms in total. The number of methoxy groups -OCH3 is 1. The average molecular weight is 221 g/mol. The number of carbonyl (C=O) groups is 1. The first-order valence-corrected chi connectivity index (χ1v) is 5.48. The fourth-order valence-corrected chi connectivity index (χ4v) is 1.61. The Labute approximate surface area is 96.6 Å². The number of ether oxygens (including phenoxy) is 1. The molecule has 1 rings (SSSR count). The Kier molecular flexibility index (Phi) is 4.50. The minimum atomic E-state index is -0.424. The molecule has 0 aliphatic heterocycles. The summed E-state index contributed by atoms with van der Waals surface area (Å²) < 4.78 is 5.07. The van der Waals surface area contributed by atoms with Gasteiger partial charge in [-0.25, -0.2) is 0 Å². The number of hydrogen-bond acceptors (Lipinski definition) is 3. The minimum Gasteiger partial charge on any atom is -0.497 e. The Morgan fingerprint density at radius 1 is 1.44 bits per heavy atom. The topological polar surface area (TPSA) is 52.3 Å². The number of ketones is 1. The number of carbonyl (C=O) groups excluding carboxylic acids is 1. The van der Waals surface area contributed by atoms with Crippen LogP contribution in [0.3, 0.4) is 0 Å². The maximum atomic E-state index is 12.0. The summed E-state index contributed by atoms with van der Waals surface area (Å²) in [5.74, 6) is 1.08. The van der Waals surface area contributed by atoms with Crippen LogP contribution in [-0.4, -0.2) is 18.9 Å². The molecule has 0 fully saturated rings. The summed E-state index contributed by atoms with van der Waals surface area (Å²) in [7, 11) is 1.58. The molecule has 1 aromatic carbocycles. The van der Waals surface area contributed by atoms with Crippen molar-refractivity contribution in [3.05, 3.63) is 29.8 Å². The second-order valence-electron chi connectivity index (χ2n) is 4.33. The van der Waals surface area contributed by atoms with Gasteiger partial charge in [-0.1, -0.05) is 26.0 Å². The van der Waals surface area contributed by atoms with Gasteiger partial charge in [0, 0.05) is 5.56 Å². The molecule has 1 atom stereocenters. The van der Waals surface area contributed by atoms with E-state index in [1.807, 2.05) is 6.07 Å². The van der Waals surface area contributed by atoms with Gasteiger partial charge in [-0.15, -0.1) is 0 Å². The molecule has 3 heteroatoms. The van der Waals surface area contributed by atoms with E-state index < -0.39 is 6.04 Å². The molecule has 2 N–H and O–H groups in total. The van der Waals surface area contributed by atoms with Crippen LogP contribution in [0.1, 0.15) is 30.6 Å². The van der Waals surface area contributed by atoms with Gasteiger partial charge in [-0.05, 0) is 24.5 Å². The van der Waals surface area contributed by atoms with Crippen molar-refractivity contribution in [2.75, 3.05) is 7.11 Å². The van der Waals surface area contributed by atoms with E-state index in [9.17, 15) is 4.79 Å². The minimum absolute atomic E-state index is 0.0207.